The Balaban J connectivity index is 2.80. The number of hydrogen-bond acceptors (Lipinski definition) is 2. The predicted octanol–water partition coefficient (Wildman–Crippen LogP) is 2.12. The minimum atomic E-state index is -0.395. The van der Waals surface area contributed by atoms with E-state index in [0.717, 1.165) is 0 Å². The maximum absolute atomic E-state index is 12.9. The Labute approximate surface area is 96.0 Å². The van der Waals surface area contributed by atoms with Crippen LogP contribution in [0.15, 0.2) is 22.7 Å². The number of carbonyl (C=O) groups excluding carboxylic acids is 1. The average molecular weight is 275 g/mol. The number of amides is 1. The van der Waals surface area contributed by atoms with E-state index >= 15 is 0 Å². The second kappa shape index (κ2) is 5.23. The van der Waals surface area contributed by atoms with E-state index in [2.05, 4.69) is 21.2 Å². The molecule has 1 rings (SSSR count). The lowest BCUT2D eigenvalue weighted by Crippen LogP contribution is -2.26. The van der Waals surface area contributed by atoms with E-state index in [0.29, 0.717) is 10.2 Å². The van der Waals surface area contributed by atoms with Crippen LogP contribution >= 0.6 is 15.9 Å². The van der Waals surface area contributed by atoms with Crippen molar-refractivity contribution in [1.82, 2.24) is 0 Å². The number of hydrogen-bond donors (Lipinski definition) is 2. The fraction of sp³-hybridized carbons (Fsp3) is 0.300. The molecular weight excluding hydrogens is 263 g/mol. The van der Waals surface area contributed by atoms with Gasteiger partial charge < -0.3 is 11.1 Å². The third kappa shape index (κ3) is 3.28. The highest BCUT2D eigenvalue weighted by Crippen LogP contribution is 2.23. The van der Waals surface area contributed by atoms with Crippen LogP contribution < -0.4 is 11.1 Å². The largest absolute Gasteiger partial charge is 0.330 e. The standard InChI is InChI=1S/C10H12BrFN2O/c1-6(5-13)10(15)14-9-4-7(12)2-3-8(9)11/h2-4,6H,5,13H2,1H3,(H,14,15). The van der Waals surface area contributed by atoms with Crippen LogP contribution in [0.5, 0.6) is 0 Å². The molecule has 0 saturated heterocycles. The molecule has 5 heteroatoms. The number of benzene rings is 1. The SMILES string of the molecule is CC(CN)C(=O)Nc1cc(F)ccc1Br. The molecule has 0 spiro atoms. The Bertz CT molecular complexity index is 370. The molecule has 0 aliphatic rings. The zero-order valence-corrected chi connectivity index (χ0v) is 9.84. The smallest absolute Gasteiger partial charge is 0.228 e. The number of rotatable bonds is 3. The van der Waals surface area contributed by atoms with Crippen molar-refractivity contribution in [3.05, 3.63) is 28.5 Å². The van der Waals surface area contributed by atoms with Crippen molar-refractivity contribution in [3.8, 4) is 0 Å². The van der Waals surface area contributed by atoms with Crippen LogP contribution in [0.2, 0.25) is 0 Å². The summed E-state index contributed by atoms with van der Waals surface area (Å²) in [6.45, 7) is 1.97. The van der Waals surface area contributed by atoms with Crippen molar-refractivity contribution < 1.29 is 9.18 Å². The number of halogens is 2. The lowest BCUT2D eigenvalue weighted by atomic mass is 10.1. The van der Waals surface area contributed by atoms with Gasteiger partial charge >= 0.3 is 0 Å². The van der Waals surface area contributed by atoms with Crippen molar-refractivity contribution in [2.45, 2.75) is 6.92 Å². The summed E-state index contributed by atoms with van der Waals surface area (Å²) in [7, 11) is 0. The molecule has 0 aliphatic heterocycles. The summed E-state index contributed by atoms with van der Waals surface area (Å²) in [6, 6.07) is 4.11. The van der Waals surface area contributed by atoms with Crippen LogP contribution in [-0.4, -0.2) is 12.5 Å². The maximum atomic E-state index is 12.9. The summed E-state index contributed by atoms with van der Waals surface area (Å²) in [5.41, 5.74) is 5.76. The molecule has 1 aromatic rings. The van der Waals surface area contributed by atoms with Gasteiger partial charge in [-0.05, 0) is 34.1 Å². The minimum Gasteiger partial charge on any atom is -0.330 e. The second-order valence-corrected chi connectivity index (χ2v) is 4.10. The van der Waals surface area contributed by atoms with Crippen molar-refractivity contribution in [1.29, 1.82) is 0 Å². The average Bonchev–Trinajstić information content (AvgIpc) is 2.22. The molecule has 0 heterocycles. The van der Waals surface area contributed by atoms with Gasteiger partial charge in [0.2, 0.25) is 5.91 Å². The first kappa shape index (κ1) is 12.1. The monoisotopic (exact) mass is 274 g/mol. The van der Waals surface area contributed by atoms with Gasteiger partial charge in [0.1, 0.15) is 5.82 Å². The molecule has 0 aliphatic carbocycles. The van der Waals surface area contributed by atoms with Gasteiger partial charge in [-0.3, -0.25) is 4.79 Å². The van der Waals surface area contributed by atoms with E-state index in [9.17, 15) is 9.18 Å². The number of carbonyl (C=O) groups is 1. The summed E-state index contributed by atoms with van der Waals surface area (Å²) in [4.78, 5) is 11.5. The first-order valence-electron chi connectivity index (χ1n) is 4.50. The molecule has 1 atom stereocenters. The molecule has 0 aromatic heterocycles. The van der Waals surface area contributed by atoms with E-state index in [1.807, 2.05) is 0 Å². The molecule has 82 valence electrons. The van der Waals surface area contributed by atoms with Crippen LogP contribution in [0.1, 0.15) is 6.92 Å². The van der Waals surface area contributed by atoms with Gasteiger partial charge in [0.05, 0.1) is 5.69 Å². The Kier molecular flexibility index (Phi) is 4.23. The molecule has 3 N–H and O–H groups in total. The van der Waals surface area contributed by atoms with Crippen LogP contribution in [0.4, 0.5) is 10.1 Å². The van der Waals surface area contributed by atoms with Crippen LogP contribution in [0.25, 0.3) is 0 Å². The topological polar surface area (TPSA) is 55.1 Å². The highest BCUT2D eigenvalue weighted by Gasteiger charge is 2.12. The zero-order chi connectivity index (χ0) is 11.4. The summed E-state index contributed by atoms with van der Waals surface area (Å²) >= 11 is 3.22. The predicted molar refractivity (Wildman–Crippen MR) is 60.9 cm³/mol. The van der Waals surface area contributed by atoms with Gasteiger partial charge in [-0.15, -0.1) is 0 Å². The Morgan fingerprint density at radius 2 is 2.33 bits per heavy atom. The molecule has 15 heavy (non-hydrogen) atoms. The maximum Gasteiger partial charge on any atom is 0.228 e. The van der Waals surface area contributed by atoms with Gasteiger partial charge in [-0.2, -0.15) is 0 Å². The van der Waals surface area contributed by atoms with E-state index < -0.39 is 5.82 Å². The normalized spacial score (nSPS) is 12.3. The molecule has 1 aromatic carbocycles. The zero-order valence-electron chi connectivity index (χ0n) is 8.26. The fourth-order valence-corrected chi connectivity index (χ4v) is 1.30. The summed E-state index contributed by atoms with van der Waals surface area (Å²) in [5, 5.41) is 2.60. The molecule has 0 radical (unpaired) electrons. The Morgan fingerprint density at radius 3 is 2.93 bits per heavy atom. The van der Waals surface area contributed by atoms with E-state index in [-0.39, 0.29) is 18.4 Å². The van der Waals surface area contributed by atoms with Crippen molar-refractivity contribution >= 4 is 27.5 Å². The summed E-state index contributed by atoms with van der Waals surface area (Å²) in [5.74, 6) is -0.905. The highest BCUT2D eigenvalue weighted by molar-refractivity contribution is 9.10. The van der Waals surface area contributed by atoms with Gasteiger partial charge in [-0.25, -0.2) is 4.39 Å². The molecule has 0 fully saturated rings. The molecule has 0 saturated carbocycles. The number of nitrogens with one attached hydrogen (secondary N) is 1. The van der Waals surface area contributed by atoms with Gasteiger partial charge in [-0.1, -0.05) is 6.92 Å². The third-order valence-corrected chi connectivity index (χ3v) is 2.68. The molecular formula is C10H12BrFN2O. The lowest BCUT2D eigenvalue weighted by molar-refractivity contribution is -0.119. The molecule has 1 unspecified atom stereocenters. The molecule has 3 nitrogen and oxygen atoms in total. The van der Waals surface area contributed by atoms with E-state index in [1.165, 1.54) is 18.2 Å². The third-order valence-electron chi connectivity index (χ3n) is 1.99. The Morgan fingerprint density at radius 1 is 1.67 bits per heavy atom. The van der Waals surface area contributed by atoms with Gasteiger partial charge in [0.15, 0.2) is 0 Å². The number of nitrogens with two attached hydrogens (primary N) is 1. The van der Waals surface area contributed by atoms with E-state index in [4.69, 9.17) is 5.73 Å². The molecule has 1 amide bonds. The van der Waals surface area contributed by atoms with Crippen molar-refractivity contribution in [3.63, 3.8) is 0 Å². The van der Waals surface area contributed by atoms with Crippen LogP contribution in [0, 0.1) is 11.7 Å². The van der Waals surface area contributed by atoms with Crippen molar-refractivity contribution in [2.24, 2.45) is 11.7 Å². The highest BCUT2D eigenvalue weighted by atomic mass is 79.9. The summed E-state index contributed by atoms with van der Waals surface area (Å²) in [6.07, 6.45) is 0. The van der Waals surface area contributed by atoms with E-state index in [1.54, 1.807) is 6.92 Å². The van der Waals surface area contributed by atoms with Crippen LogP contribution in [-0.2, 0) is 4.79 Å². The first-order valence-corrected chi connectivity index (χ1v) is 5.30. The van der Waals surface area contributed by atoms with Crippen LogP contribution in [0.3, 0.4) is 0 Å². The fourth-order valence-electron chi connectivity index (χ4n) is 0.956. The quantitative estimate of drug-likeness (QED) is 0.887. The number of anilines is 1. The second-order valence-electron chi connectivity index (χ2n) is 3.25. The summed E-state index contributed by atoms with van der Waals surface area (Å²) < 4.78 is 13.5. The van der Waals surface area contributed by atoms with Crippen molar-refractivity contribution in [2.75, 3.05) is 11.9 Å². The van der Waals surface area contributed by atoms with Gasteiger partial charge in [0, 0.05) is 16.9 Å². The molecule has 0 bridgehead atoms. The van der Waals surface area contributed by atoms with Gasteiger partial charge in [0.25, 0.3) is 0 Å². The first-order chi connectivity index (χ1) is 7.04. The minimum absolute atomic E-state index is 0.219. The Hall–Kier alpha value is -0.940. The lowest BCUT2D eigenvalue weighted by Gasteiger charge is -2.11.